The number of aryl methyl sites for hydroxylation is 1. The van der Waals surface area contributed by atoms with E-state index in [0.29, 0.717) is 12.6 Å². The molecule has 160 valence electrons. The molecule has 8 heteroatoms. The summed E-state index contributed by atoms with van der Waals surface area (Å²) >= 11 is 5.71. The molecule has 30 heavy (non-hydrogen) atoms. The first-order valence-corrected chi connectivity index (χ1v) is 11.0. The number of hydrogen-bond acceptors (Lipinski definition) is 5. The molecule has 1 aliphatic rings. The number of likely N-dealkylation sites (tertiary alicyclic amines) is 1. The summed E-state index contributed by atoms with van der Waals surface area (Å²) in [5, 5.41) is 13.2. The zero-order valence-electron chi connectivity index (χ0n) is 18.5. The smallest absolute Gasteiger partial charge is 0.199 e. The van der Waals surface area contributed by atoms with Gasteiger partial charge in [-0.2, -0.15) is 5.10 Å². The van der Waals surface area contributed by atoms with E-state index < -0.39 is 0 Å². The fraction of sp³-hybridized carbons (Fsp3) is 0.545. The zero-order chi connectivity index (χ0) is 21.5. The second kappa shape index (κ2) is 8.07. The number of nitrogens with zero attached hydrogens (tertiary/aromatic N) is 7. The molecule has 0 saturated carbocycles. The van der Waals surface area contributed by atoms with E-state index >= 15 is 0 Å². The molecule has 1 aromatic carbocycles. The largest absolute Gasteiger partial charge is 0.320 e. The van der Waals surface area contributed by atoms with E-state index in [4.69, 9.17) is 17.3 Å². The van der Waals surface area contributed by atoms with Crippen LogP contribution in [0.25, 0.3) is 11.4 Å². The summed E-state index contributed by atoms with van der Waals surface area (Å²) in [5.74, 6) is 2.36. The predicted molar refractivity (Wildman–Crippen MR) is 121 cm³/mol. The average Bonchev–Trinajstić information content (AvgIpc) is 3.26. The maximum Gasteiger partial charge on any atom is 0.199 e. The summed E-state index contributed by atoms with van der Waals surface area (Å²) < 4.78 is 6.72. The SMILES string of the molecule is Cn1cnnc1[C@@H]1CCCN(Cn2nc(-c3ccc(C(C)(C)C)cc3)n(C)c2=S)C1. The van der Waals surface area contributed by atoms with Gasteiger partial charge in [0.05, 0.1) is 6.67 Å². The minimum absolute atomic E-state index is 0.136. The molecule has 1 aliphatic heterocycles. The summed E-state index contributed by atoms with van der Waals surface area (Å²) in [7, 11) is 4.01. The third-order valence-corrected chi connectivity index (χ3v) is 6.49. The Labute approximate surface area is 183 Å². The monoisotopic (exact) mass is 425 g/mol. The Morgan fingerprint density at radius 3 is 2.50 bits per heavy atom. The summed E-state index contributed by atoms with van der Waals surface area (Å²) in [6.07, 6.45) is 4.06. The molecule has 0 spiro atoms. The molecule has 1 atom stereocenters. The van der Waals surface area contributed by atoms with Crippen LogP contribution >= 0.6 is 12.2 Å². The first-order valence-electron chi connectivity index (χ1n) is 10.5. The molecule has 0 radical (unpaired) electrons. The van der Waals surface area contributed by atoms with E-state index in [1.54, 1.807) is 6.33 Å². The molecule has 0 amide bonds. The van der Waals surface area contributed by atoms with Crippen molar-refractivity contribution >= 4 is 12.2 Å². The van der Waals surface area contributed by atoms with Gasteiger partial charge in [0.25, 0.3) is 0 Å². The van der Waals surface area contributed by atoms with Gasteiger partial charge < -0.3 is 9.13 Å². The van der Waals surface area contributed by atoms with Crippen LogP contribution in [0.15, 0.2) is 30.6 Å². The first kappa shape index (κ1) is 20.9. The highest BCUT2D eigenvalue weighted by atomic mass is 32.1. The Balaban J connectivity index is 1.53. The molecule has 1 saturated heterocycles. The normalized spacial score (nSPS) is 18.1. The highest BCUT2D eigenvalue weighted by Gasteiger charge is 2.25. The Morgan fingerprint density at radius 1 is 1.13 bits per heavy atom. The van der Waals surface area contributed by atoms with Crippen molar-refractivity contribution in [2.75, 3.05) is 13.1 Å². The minimum Gasteiger partial charge on any atom is -0.320 e. The lowest BCUT2D eigenvalue weighted by Gasteiger charge is -2.31. The highest BCUT2D eigenvalue weighted by Crippen LogP contribution is 2.27. The third kappa shape index (κ3) is 4.11. The van der Waals surface area contributed by atoms with Gasteiger partial charge in [-0.1, -0.05) is 45.0 Å². The Bertz CT molecular complexity index is 1070. The van der Waals surface area contributed by atoms with Gasteiger partial charge in [0, 0.05) is 32.1 Å². The molecule has 7 nitrogen and oxygen atoms in total. The van der Waals surface area contributed by atoms with Crippen molar-refractivity contribution in [1.82, 2.24) is 34.0 Å². The first-order chi connectivity index (χ1) is 14.2. The summed E-state index contributed by atoms with van der Waals surface area (Å²) in [6.45, 7) is 9.37. The Hall–Kier alpha value is -2.32. The van der Waals surface area contributed by atoms with Crippen LogP contribution in [0.1, 0.15) is 50.9 Å². The van der Waals surface area contributed by atoms with E-state index in [1.165, 1.54) is 5.56 Å². The quantitative estimate of drug-likeness (QED) is 0.594. The average molecular weight is 426 g/mol. The van der Waals surface area contributed by atoms with Crippen LogP contribution in [0.4, 0.5) is 0 Å². The molecule has 0 bridgehead atoms. The Kier molecular flexibility index (Phi) is 5.63. The second-order valence-electron chi connectivity index (χ2n) is 9.35. The summed E-state index contributed by atoms with van der Waals surface area (Å²) in [6, 6.07) is 8.67. The van der Waals surface area contributed by atoms with Gasteiger partial charge in [-0.15, -0.1) is 10.2 Å². The predicted octanol–water partition coefficient (Wildman–Crippen LogP) is 3.88. The van der Waals surface area contributed by atoms with Gasteiger partial charge in [-0.25, -0.2) is 4.68 Å². The van der Waals surface area contributed by atoms with Gasteiger partial charge >= 0.3 is 0 Å². The van der Waals surface area contributed by atoms with Crippen molar-refractivity contribution in [3.8, 4) is 11.4 Å². The lowest BCUT2D eigenvalue weighted by atomic mass is 9.87. The van der Waals surface area contributed by atoms with Crippen molar-refractivity contribution in [1.29, 1.82) is 0 Å². The van der Waals surface area contributed by atoms with Gasteiger partial charge in [-0.05, 0) is 42.6 Å². The molecule has 1 fully saturated rings. The topological polar surface area (TPSA) is 56.7 Å². The molecule has 4 rings (SSSR count). The van der Waals surface area contributed by atoms with E-state index in [2.05, 4.69) is 60.1 Å². The molecule has 0 aliphatic carbocycles. The zero-order valence-corrected chi connectivity index (χ0v) is 19.4. The van der Waals surface area contributed by atoms with E-state index in [-0.39, 0.29) is 5.41 Å². The fourth-order valence-corrected chi connectivity index (χ4v) is 4.38. The van der Waals surface area contributed by atoms with Crippen LogP contribution in [-0.4, -0.2) is 47.1 Å². The van der Waals surface area contributed by atoms with Crippen LogP contribution in [0.5, 0.6) is 0 Å². The molecule has 0 N–H and O–H groups in total. The standard InChI is InChI=1S/C22H31N7S/c1-22(2,3)18-10-8-16(9-11-18)20-25-29(21(30)27(20)5)15-28-12-6-7-17(13-28)19-24-23-14-26(19)4/h8-11,14,17H,6-7,12-13,15H2,1-5H3/t17-/m1/s1. The molecule has 2 aromatic heterocycles. The van der Waals surface area contributed by atoms with Gasteiger partial charge in [-0.3, -0.25) is 4.90 Å². The van der Waals surface area contributed by atoms with E-state index in [1.807, 2.05) is 27.9 Å². The van der Waals surface area contributed by atoms with Crippen molar-refractivity contribution in [3.63, 3.8) is 0 Å². The molecule has 0 unspecified atom stereocenters. The second-order valence-corrected chi connectivity index (χ2v) is 9.71. The van der Waals surface area contributed by atoms with Crippen LogP contribution in [-0.2, 0) is 26.2 Å². The van der Waals surface area contributed by atoms with Crippen LogP contribution in [0, 0.1) is 4.77 Å². The fourth-order valence-electron chi connectivity index (χ4n) is 4.20. The Morgan fingerprint density at radius 2 is 1.87 bits per heavy atom. The van der Waals surface area contributed by atoms with Crippen LogP contribution in [0.3, 0.4) is 0 Å². The van der Waals surface area contributed by atoms with Crippen molar-refractivity contribution in [2.45, 2.75) is 51.6 Å². The van der Waals surface area contributed by atoms with Crippen molar-refractivity contribution < 1.29 is 0 Å². The van der Waals surface area contributed by atoms with Gasteiger partial charge in [0.1, 0.15) is 12.2 Å². The number of hydrogen-bond donors (Lipinski definition) is 0. The van der Waals surface area contributed by atoms with E-state index in [0.717, 1.165) is 47.9 Å². The van der Waals surface area contributed by atoms with E-state index in [9.17, 15) is 0 Å². The maximum absolute atomic E-state index is 5.71. The minimum atomic E-state index is 0.136. The molecular formula is C22H31N7S. The van der Waals surface area contributed by atoms with Crippen molar-refractivity contribution in [2.24, 2.45) is 14.1 Å². The highest BCUT2D eigenvalue weighted by molar-refractivity contribution is 7.71. The number of piperidine rings is 1. The van der Waals surface area contributed by atoms with Gasteiger partial charge in [0.2, 0.25) is 0 Å². The number of aromatic nitrogens is 6. The lowest BCUT2D eigenvalue weighted by Crippen LogP contribution is -2.37. The summed E-state index contributed by atoms with van der Waals surface area (Å²) in [4.78, 5) is 2.41. The van der Waals surface area contributed by atoms with Crippen LogP contribution in [0.2, 0.25) is 0 Å². The molecular weight excluding hydrogens is 394 g/mol. The van der Waals surface area contributed by atoms with Crippen LogP contribution < -0.4 is 0 Å². The number of rotatable bonds is 4. The van der Waals surface area contributed by atoms with Gasteiger partial charge in [0.15, 0.2) is 10.6 Å². The third-order valence-electron chi connectivity index (χ3n) is 6.00. The summed E-state index contributed by atoms with van der Waals surface area (Å²) in [5.41, 5.74) is 2.54. The number of benzene rings is 1. The molecule has 3 aromatic rings. The maximum atomic E-state index is 5.71. The lowest BCUT2D eigenvalue weighted by molar-refractivity contribution is 0.153. The molecule has 3 heterocycles. The van der Waals surface area contributed by atoms with Crippen molar-refractivity contribution in [3.05, 3.63) is 46.8 Å².